The van der Waals surface area contributed by atoms with Gasteiger partial charge in [-0.1, -0.05) is 67.3 Å². The zero-order chi connectivity index (χ0) is 14.7. The molecule has 1 saturated carbocycles. The molecule has 1 aliphatic rings. The highest BCUT2D eigenvalue weighted by molar-refractivity contribution is 5.87. The molecule has 0 radical (unpaired) electrons. The fraction of sp³-hybridized carbons (Fsp3) is 0.350. The number of carbonyl (C=O) groups excluding carboxylic acids is 1. The fourth-order valence-electron chi connectivity index (χ4n) is 3.39. The molecule has 0 aliphatic heterocycles. The van der Waals surface area contributed by atoms with E-state index in [9.17, 15) is 4.79 Å². The van der Waals surface area contributed by atoms with Gasteiger partial charge in [-0.25, -0.2) is 0 Å². The second-order valence-electron chi connectivity index (χ2n) is 6.17. The summed E-state index contributed by atoms with van der Waals surface area (Å²) in [7, 11) is 0. The van der Waals surface area contributed by atoms with Gasteiger partial charge in [-0.15, -0.1) is 0 Å². The van der Waals surface area contributed by atoms with Gasteiger partial charge < -0.3 is 0 Å². The number of rotatable bonds is 3. The zero-order valence-corrected chi connectivity index (χ0v) is 12.6. The van der Waals surface area contributed by atoms with Gasteiger partial charge in [0, 0.05) is 5.56 Å². The maximum atomic E-state index is 11.2. The first kappa shape index (κ1) is 14.1. The van der Waals surface area contributed by atoms with Crippen molar-refractivity contribution in [1.82, 2.24) is 0 Å². The van der Waals surface area contributed by atoms with E-state index in [1.165, 1.54) is 43.2 Å². The highest BCUT2D eigenvalue weighted by Crippen LogP contribution is 2.34. The van der Waals surface area contributed by atoms with Gasteiger partial charge in [0.15, 0.2) is 6.29 Å². The largest absolute Gasteiger partial charge is 0.298 e. The van der Waals surface area contributed by atoms with Crippen LogP contribution < -0.4 is 0 Å². The monoisotopic (exact) mass is 278 g/mol. The molecule has 0 bridgehead atoms. The third-order valence-corrected chi connectivity index (χ3v) is 4.63. The van der Waals surface area contributed by atoms with Gasteiger partial charge in [0.25, 0.3) is 0 Å². The molecule has 1 aliphatic carbocycles. The van der Waals surface area contributed by atoms with Crippen LogP contribution in [0, 0.1) is 6.92 Å². The molecule has 0 unspecified atom stereocenters. The predicted molar refractivity (Wildman–Crippen MR) is 87.8 cm³/mol. The molecule has 2 aromatic carbocycles. The third-order valence-electron chi connectivity index (χ3n) is 4.63. The van der Waals surface area contributed by atoms with Crippen LogP contribution in [0.15, 0.2) is 42.5 Å². The summed E-state index contributed by atoms with van der Waals surface area (Å²) in [5.74, 6) is 0.732. The SMILES string of the molecule is Cc1ccc(C=O)c(-c2ccc(C3CCCCC3)cc2)c1. The molecule has 1 nitrogen and oxygen atoms in total. The van der Waals surface area contributed by atoms with Crippen LogP contribution in [0.3, 0.4) is 0 Å². The van der Waals surface area contributed by atoms with E-state index >= 15 is 0 Å². The molecular formula is C20H22O. The second-order valence-corrected chi connectivity index (χ2v) is 6.17. The number of aryl methyl sites for hydroxylation is 1. The topological polar surface area (TPSA) is 17.1 Å². The zero-order valence-electron chi connectivity index (χ0n) is 12.6. The first-order valence-electron chi connectivity index (χ1n) is 7.94. The Morgan fingerprint density at radius 3 is 2.33 bits per heavy atom. The highest BCUT2D eigenvalue weighted by Gasteiger charge is 2.15. The van der Waals surface area contributed by atoms with Crippen LogP contribution in [0.5, 0.6) is 0 Å². The predicted octanol–water partition coefficient (Wildman–Crippen LogP) is 5.52. The maximum Gasteiger partial charge on any atom is 0.150 e. The molecule has 0 aromatic heterocycles. The van der Waals surface area contributed by atoms with Crippen molar-refractivity contribution in [3.05, 3.63) is 59.2 Å². The van der Waals surface area contributed by atoms with Gasteiger partial charge in [-0.3, -0.25) is 4.79 Å². The van der Waals surface area contributed by atoms with Crippen LogP contribution in [-0.4, -0.2) is 6.29 Å². The summed E-state index contributed by atoms with van der Waals surface area (Å²) in [6.07, 6.45) is 7.70. The van der Waals surface area contributed by atoms with E-state index in [-0.39, 0.29) is 0 Å². The van der Waals surface area contributed by atoms with Crippen molar-refractivity contribution in [2.75, 3.05) is 0 Å². The molecule has 0 amide bonds. The first-order valence-corrected chi connectivity index (χ1v) is 7.94. The van der Waals surface area contributed by atoms with Crippen LogP contribution >= 0.6 is 0 Å². The standard InChI is InChI=1S/C20H22O/c1-15-7-8-19(14-21)20(13-15)18-11-9-17(10-12-18)16-5-3-2-4-6-16/h7-14,16H,2-6H2,1H3. The quantitative estimate of drug-likeness (QED) is 0.675. The van der Waals surface area contributed by atoms with E-state index in [4.69, 9.17) is 0 Å². The van der Waals surface area contributed by atoms with Gasteiger partial charge in [0.05, 0.1) is 0 Å². The first-order chi connectivity index (χ1) is 10.3. The van der Waals surface area contributed by atoms with Crippen molar-refractivity contribution in [3.8, 4) is 11.1 Å². The molecule has 2 aromatic rings. The van der Waals surface area contributed by atoms with E-state index < -0.39 is 0 Å². The maximum absolute atomic E-state index is 11.2. The van der Waals surface area contributed by atoms with Gasteiger partial charge in [0.1, 0.15) is 0 Å². The van der Waals surface area contributed by atoms with Crippen LogP contribution in [0.25, 0.3) is 11.1 Å². The Morgan fingerprint density at radius 2 is 1.67 bits per heavy atom. The number of aldehydes is 1. The molecule has 21 heavy (non-hydrogen) atoms. The average Bonchev–Trinajstić information content (AvgIpc) is 2.56. The highest BCUT2D eigenvalue weighted by atomic mass is 16.1. The third kappa shape index (κ3) is 3.07. The lowest BCUT2D eigenvalue weighted by atomic mass is 9.83. The fourth-order valence-corrected chi connectivity index (χ4v) is 3.39. The van der Waals surface area contributed by atoms with Crippen molar-refractivity contribution in [3.63, 3.8) is 0 Å². The molecule has 0 atom stereocenters. The molecule has 0 saturated heterocycles. The molecule has 1 heteroatoms. The Labute approximate surface area is 127 Å². The Morgan fingerprint density at radius 1 is 0.952 bits per heavy atom. The molecule has 1 fully saturated rings. The van der Waals surface area contributed by atoms with E-state index in [2.05, 4.69) is 37.3 Å². The lowest BCUT2D eigenvalue weighted by Gasteiger charge is -2.22. The minimum absolute atomic E-state index is 0.732. The number of carbonyl (C=O) groups is 1. The molecule has 108 valence electrons. The van der Waals surface area contributed by atoms with Gasteiger partial charge in [-0.05, 0) is 42.4 Å². The molecule has 0 spiro atoms. The van der Waals surface area contributed by atoms with Crippen molar-refractivity contribution in [1.29, 1.82) is 0 Å². The normalized spacial score (nSPS) is 15.9. The number of benzene rings is 2. The molecule has 3 rings (SSSR count). The summed E-state index contributed by atoms with van der Waals surface area (Å²) in [6.45, 7) is 2.06. The Kier molecular flexibility index (Phi) is 4.19. The van der Waals surface area contributed by atoms with E-state index in [0.29, 0.717) is 0 Å². The van der Waals surface area contributed by atoms with Crippen molar-refractivity contribution >= 4 is 6.29 Å². The van der Waals surface area contributed by atoms with Crippen molar-refractivity contribution < 1.29 is 4.79 Å². The van der Waals surface area contributed by atoms with Gasteiger partial charge in [0.2, 0.25) is 0 Å². The Bertz CT molecular complexity index is 619. The minimum Gasteiger partial charge on any atom is -0.298 e. The lowest BCUT2D eigenvalue weighted by Crippen LogP contribution is -2.04. The smallest absolute Gasteiger partial charge is 0.150 e. The lowest BCUT2D eigenvalue weighted by molar-refractivity contribution is 0.112. The van der Waals surface area contributed by atoms with E-state index in [1.54, 1.807) is 0 Å². The average molecular weight is 278 g/mol. The van der Waals surface area contributed by atoms with Crippen molar-refractivity contribution in [2.45, 2.75) is 44.9 Å². The summed E-state index contributed by atoms with van der Waals surface area (Å²) < 4.78 is 0. The number of hydrogen-bond donors (Lipinski definition) is 0. The van der Waals surface area contributed by atoms with Crippen LogP contribution in [0.4, 0.5) is 0 Å². The minimum atomic E-state index is 0.732. The van der Waals surface area contributed by atoms with Crippen LogP contribution in [0.2, 0.25) is 0 Å². The van der Waals surface area contributed by atoms with Gasteiger partial charge >= 0.3 is 0 Å². The Balaban J connectivity index is 1.90. The van der Waals surface area contributed by atoms with Crippen LogP contribution in [-0.2, 0) is 0 Å². The summed E-state index contributed by atoms with van der Waals surface area (Å²) >= 11 is 0. The summed E-state index contributed by atoms with van der Waals surface area (Å²) in [5, 5.41) is 0. The molecule has 0 heterocycles. The molecule has 0 N–H and O–H groups in total. The second kappa shape index (κ2) is 6.26. The Hall–Kier alpha value is -1.89. The molecular weight excluding hydrogens is 256 g/mol. The summed E-state index contributed by atoms with van der Waals surface area (Å²) in [5.41, 5.74) is 5.59. The van der Waals surface area contributed by atoms with E-state index in [1.807, 2.05) is 12.1 Å². The van der Waals surface area contributed by atoms with Crippen molar-refractivity contribution in [2.24, 2.45) is 0 Å². The van der Waals surface area contributed by atoms with Gasteiger partial charge in [-0.2, -0.15) is 0 Å². The van der Waals surface area contributed by atoms with Crippen LogP contribution in [0.1, 0.15) is 59.5 Å². The summed E-state index contributed by atoms with van der Waals surface area (Å²) in [6, 6.07) is 14.8. The number of hydrogen-bond acceptors (Lipinski definition) is 1. The summed E-state index contributed by atoms with van der Waals surface area (Å²) in [4.78, 5) is 11.2. The van der Waals surface area contributed by atoms with E-state index in [0.717, 1.165) is 28.9 Å².